The molecule has 0 aliphatic carbocycles. The van der Waals surface area contributed by atoms with Gasteiger partial charge in [0.15, 0.2) is 11.5 Å². The van der Waals surface area contributed by atoms with Crippen LogP contribution in [0.1, 0.15) is 32.0 Å². The first-order chi connectivity index (χ1) is 10.2. The van der Waals surface area contributed by atoms with E-state index < -0.39 is 0 Å². The van der Waals surface area contributed by atoms with Crippen LogP contribution in [0.25, 0.3) is 11.0 Å². The van der Waals surface area contributed by atoms with Crippen molar-refractivity contribution in [3.05, 3.63) is 12.0 Å². The molecule has 21 heavy (non-hydrogen) atoms. The van der Waals surface area contributed by atoms with Gasteiger partial charge in [-0.15, -0.1) is 0 Å². The Bertz CT molecular complexity index is 621. The summed E-state index contributed by atoms with van der Waals surface area (Å²) >= 11 is 0. The van der Waals surface area contributed by atoms with Crippen LogP contribution < -0.4 is 11.3 Å². The maximum absolute atomic E-state index is 5.58. The zero-order valence-corrected chi connectivity index (χ0v) is 12.7. The highest BCUT2D eigenvalue weighted by Crippen LogP contribution is 2.21. The van der Waals surface area contributed by atoms with E-state index in [2.05, 4.69) is 32.3 Å². The molecule has 2 aromatic heterocycles. The lowest BCUT2D eigenvalue weighted by Gasteiger charge is -2.19. The molecule has 3 rings (SSSR count). The number of hydrazine groups is 1. The Morgan fingerprint density at radius 3 is 3.00 bits per heavy atom. The number of nitrogens with zero attached hydrogens (tertiary/aromatic N) is 5. The molecule has 1 aliphatic rings. The van der Waals surface area contributed by atoms with Crippen LogP contribution in [0.4, 0.5) is 5.82 Å². The highest BCUT2D eigenvalue weighted by molar-refractivity contribution is 5.86. The number of fused-ring (bicyclic) bond motifs is 1. The topological polar surface area (TPSA) is 84.9 Å². The summed E-state index contributed by atoms with van der Waals surface area (Å²) in [5.74, 6) is 7.84. The molecule has 1 aliphatic heterocycles. The first-order valence-electron chi connectivity index (χ1n) is 7.55. The summed E-state index contributed by atoms with van der Waals surface area (Å²) in [6, 6.07) is 0. The summed E-state index contributed by atoms with van der Waals surface area (Å²) < 4.78 is 1.76. The molecule has 0 bridgehead atoms. The van der Waals surface area contributed by atoms with E-state index in [1.165, 1.54) is 19.3 Å². The molecule has 7 heteroatoms. The van der Waals surface area contributed by atoms with Crippen molar-refractivity contribution in [3.63, 3.8) is 0 Å². The number of aromatic nitrogens is 4. The molecule has 2 aromatic rings. The van der Waals surface area contributed by atoms with Gasteiger partial charge >= 0.3 is 0 Å². The maximum Gasteiger partial charge on any atom is 0.163 e. The van der Waals surface area contributed by atoms with Gasteiger partial charge in [0, 0.05) is 7.05 Å². The Balaban J connectivity index is 1.84. The molecule has 0 aromatic carbocycles. The number of anilines is 1. The van der Waals surface area contributed by atoms with Crippen molar-refractivity contribution < 1.29 is 0 Å². The zero-order valence-electron chi connectivity index (χ0n) is 12.7. The third kappa shape index (κ3) is 2.98. The molecule has 1 saturated heterocycles. The summed E-state index contributed by atoms with van der Waals surface area (Å²) in [4.78, 5) is 11.6. The van der Waals surface area contributed by atoms with Gasteiger partial charge in [0.25, 0.3) is 0 Å². The van der Waals surface area contributed by atoms with Crippen molar-refractivity contribution in [3.8, 4) is 0 Å². The first kappa shape index (κ1) is 14.2. The molecule has 3 heterocycles. The molecule has 1 unspecified atom stereocenters. The third-order valence-electron chi connectivity index (χ3n) is 4.25. The lowest BCUT2D eigenvalue weighted by molar-refractivity contribution is 0.267. The standard InChI is InChI=1S/C14H23N7/c1-10-4-3-6-21(7-5-10)9-12-17-13(19-15)11-8-16-20(2)14(11)18-12/h8,10H,3-7,9,15H2,1-2H3,(H,17,18,19). The van der Waals surface area contributed by atoms with Crippen molar-refractivity contribution in [1.29, 1.82) is 0 Å². The van der Waals surface area contributed by atoms with Gasteiger partial charge in [0.2, 0.25) is 0 Å². The van der Waals surface area contributed by atoms with Crippen molar-refractivity contribution in [2.24, 2.45) is 18.8 Å². The van der Waals surface area contributed by atoms with E-state index in [4.69, 9.17) is 5.84 Å². The van der Waals surface area contributed by atoms with Crippen LogP contribution in [0, 0.1) is 5.92 Å². The Labute approximate surface area is 124 Å². The van der Waals surface area contributed by atoms with Crippen molar-refractivity contribution in [1.82, 2.24) is 24.6 Å². The van der Waals surface area contributed by atoms with E-state index in [1.54, 1.807) is 10.9 Å². The molecule has 7 nitrogen and oxygen atoms in total. The predicted octanol–water partition coefficient (Wildman–Crippen LogP) is 1.27. The van der Waals surface area contributed by atoms with Crippen molar-refractivity contribution in [2.75, 3.05) is 18.5 Å². The largest absolute Gasteiger partial charge is 0.308 e. The molecule has 0 saturated carbocycles. The van der Waals surface area contributed by atoms with Gasteiger partial charge in [-0.1, -0.05) is 6.92 Å². The number of likely N-dealkylation sites (tertiary alicyclic amines) is 1. The number of nitrogens with one attached hydrogen (secondary N) is 1. The minimum atomic E-state index is 0.645. The van der Waals surface area contributed by atoms with Gasteiger partial charge in [0.1, 0.15) is 5.82 Å². The zero-order chi connectivity index (χ0) is 14.8. The summed E-state index contributed by atoms with van der Waals surface area (Å²) in [6.07, 6.45) is 5.54. The normalized spacial score (nSPS) is 20.6. The van der Waals surface area contributed by atoms with Gasteiger partial charge in [0.05, 0.1) is 18.1 Å². The fraction of sp³-hybridized carbons (Fsp3) is 0.643. The minimum Gasteiger partial charge on any atom is -0.308 e. The molecule has 1 atom stereocenters. The monoisotopic (exact) mass is 289 g/mol. The second-order valence-electron chi connectivity index (χ2n) is 5.95. The molecule has 0 amide bonds. The van der Waals surface area contributed by atoms with Gasteiger partial charge in [-0.05, 0) is 38.3 Å². The van der Waals surface area contributed by atoms with Crippen molar-refractivity contribution in [2.45, 2.75) is 32.7 Å². The molecular weight excluding hydrogens is 266 g/mol. The van der Waals surface area contributed by atoms with E-state index in [1.807, 2.05) is 7.05 Å². The highest BCUT2D eigenvalue weighted by Gasteiger charge is 2.17. The SMILES string of the molecule is CC1CCCN(Cc2nc(NN)c3cnn(C)c3n2)CC1. The molecule has 3 N–H and O–H groups in total. The van der Waals surface area contributed by atoms with Gasteiger partial charge in [-0.2, -0.15) is 5.10 Å². The van der Waals surface area contributed by atoms with Crippen LogP contribution in [0.3, 0.4) is 0 Å². The molecule has 0 spiro atoms. The van der Waals surface area contributed by atoms with Crippen molar-refractivity contribution >= 4 is 16.9 Å². The number of rotatable bonds is 3. The molecule has 114 valence electrons. The quantitative estimate of drug-likeness (QED) is 0.654. The third-order valence-corrected chi connectivity index (χ3v) is 4.25. The van der Waals surface area contributed by atoms with Gasteiger partial charge in [-0.25, -0.2) is 15.8 Å². The fourth-order valence-electron chi connectivity index (χ4n) is 2.93. The average Bonchev–Trinajstić information content (AvgIpc) is 2.72. The molecule has 1 fully saturated rings. The summed E-state index contributed by atoms with van der Waals surface area (Å²) in [5, 5.41) is 5.08. The second kappa shape index (κ2) is 5.95. The Kier molecular flexibility index (Phi) is 4.03. The summed E-state index contributed by atoms with van der Waals surface area (Å²) in [5.41, 5.74) is 3.47. The maximum atomic E-state index is 5.58. The lowest BCUT2D eigenvalue weighted by atomic mass is 10.0. The number of nitrogens with two attached hydrogens (primary N) is 1. The number of hydrogen-bond acceptors (Lipinski definition) is 6. The van der Waals surface area contributed by atoms with Crippen LogP contribution in [0.5, 0.6) is 0 Å². The average molecular weight is 289 g/mol. The Morgan fingerprint density at radius 1 is 1.33 bits per heavy atom. The van der Waals surface area contributed by atoms with Gasteiger partial charge in [-0.3, -0.25) is 9.58 Å². The smallest absolute Gasteiger partial charge is 0.163 e. The van der Waals surface area contributed by atoms with Crippen LogP contribution >= 0.6 is 0 Å². The number of hydrogen-bond donors (Lipinski definition) is 2. The van der Waals surface area contributed by atoms with Crippen LogP contribution in [-0.4, -0.2) is 37.7 Å². The molecular formula is C14H23N7. The number of nitrogen functional groups attached to an aromatic ring is 1. The van der Waals surface area contributed by atoms with Crippen LogP contribution in [0.2, 0.25) is 0 Å². The number of aryl methyl sites for hydroxylation is 1. The van der Waals surface area contributed by atoms with Crippen LogP contribution in [-0.2, 0) is 13.6 Å². The van der Waals surface area contributed by atoms with E-state index in [-0.39, 0.29) is 0 Å². The Morgan fingerprint density at radius 2 is 2.19 bits per heavy atom. The summed E-state index contributed by atoms with van der Waals surface area (Å²) in [7, 11) is 1.88. The van der Waals surface area contributed by atoms with Crippen LogP contribution in [0.15, 0.2) is 6.20 Å². The van der Waals surface area contributed by atoms with E-state index in [9.17, 15) is 0 Å². The van der Waals surface area contributed by atoms with E-state index >= 15 is 0 Å². The lowest BCUT2D eigenvalue weighted by Crippen LogP contribution is -2.26. The fourth-order valence-corrected chi connectivity index (χ4v) is 2.93. The van der Waals surface area contributed by atoms with E-state index in [0.29, 0.717) is 5.82 Å². The highest BCUT2D eigenvalue weighted by atomic mass is 15.3. The van der Waals surface area contributed by atoms with E-state index in [0.717, 1.165) is 42.4 Å². The first-order valence-corrected chi connectivity index (χ1v) is 7.55. The summed E-state index contributed by atoms with van der Waals surface area (Å²) in [6.45, 7) is 5.32. The molecule has 0 radical (unpaired) electrons. The second-order valence-corrected chi connectivity index (χ2v) is 5.95. The Hall–Kier alpha value is -1.73. The predicted molar refractivity (Wildman–Crippen MR) is 82.4 cm³/mol. The van der Waals surface area contributed by atoms with Gasteiger partial charge < -0.3 is 5.43 Å². The minimum absolute atomic E-state index is 0.645.